The van der Waals surface area contributed by atoms with Gasteiger partial charge in [0.15, 0.2) is 0 Å². The van der Waals surface area contributed by atoms with Gasteiger partial charge in [-0.05, 0) is 37.8 Å². The third kappa shape index (κ3) is 2.73. The van der Waals surface area contributed by atoms with Crippen molar-refractivity contribution in [2.45, 2.75) is 58.3 Å². The van der Waals surface area contributed by atoms with Crippen LogP contribution in [0.1, 0.15) is 44.2 Å². The maximum Gasteiger partial charge on any atom is 0.127 e. The van der Waals surface area contributed by atoms with E-state index in [1.54, 1.807) is 6.07 Å². The van der Waals surface area contributed by atoms with E-state index >= 15 is 0 Å². The highest BCUT2D eigenvalue weighted by atomic mass is 19.1. The molecule has 3 heteroatoms. The number of nitrogens with two attached hydrogens (primary N) is 1. The van der Waals surface area contributed by atoms with Gasteiger partial charge < -0.3 is 5.73 Å². The largest absolute Gasteiger partial charge is 0.326 e. The summed E-state index contributed by atoms with van der Waals surface area (Å²) in [5.74, 6) is -0.192. The Morgan fingerprint density at radius 3 is 2.83 bits per heavy atom. The van der Waals surface area contributed by atoms with E-state index < -0.39 is 0 Å². The molecule has 0 spiro atoms. The fourth-order valence-corrected chi connectivity index (χ4v) is 2.94. The molecule has 100 valence electrons. The van der Waals surface area contributed by atoms with Gasteiger partial charge in [0.2, 0.25) is 0 Å². The van der Waals surface area contributed by atoms with Gasteiger partial charge in [0.1, 0.15) is 5.82 Å². The molecule has 2 nitrogen and oxygen atoms in total. The molecule has 0 radical (unpaired) electrons. The molecule has 18 heavy (non-hydrogen) atoms. The molecule has 1 aromatic rings. The third-order valence-electron chi connectivity index (χ3n) is 4.12. The molecule has 0 aliphatic carbocycles. The fourth-order valence-electron chi connectivity index (χ4n) is 2.94. The van der Waals surface area contributed by atoms with E-state index in [9.17, 15) is 4.39 Å². The van der Waals surface area contributed by atoms with Crippen LogP contribution in [0.2, 0.25) is 0 Å². The van der Waals surface area contributed by atoms with Gasteiger partial charge in [0, 0.05) is 30.7 Å². The van der Waals surface area contributed by atoms with Crippen LogP contribution in [-0.4, -0.2) is 17.0 Å². The minimum atomic E-state index is -0.192. The Hall–Kier alpha value is -0.930. The summed E-state index contributed by atoms with van der Waals surface area (Å²) in [7, 11) is 0. The predicted molar refractivity (Wildman–Crippen MR) is 72.6 cm³/mol. The average Bonchev–Trinajstić information content (AvgIpc) is 2.73. The minimum absolute atomic E-state index is 0.192. The summed E-state index contributed by atoms with van der Waals surface area (Å²) < 4.78 is 13.4. The van der Waals surface area contributed by atoms with Crippen LogP contribution in [-0.2, 0) is 13.1 Å². The second kappa shape index (κ2) is 5.81. The molecule has 1 aliphatic rings. The van der Waals surface area contributed by atoms with E-state index in [4.69, 9.17) is 5.73 Å². The highest BCUT2D eigenvalue weighted by Gasteiger charge is 2.28. The number of rotatable bonds is 4. The Labute approximate surface area is 109 Å². The predicted octanol–water partition coefficient (Wildman–Crippen LogP) is 3.05. The molecule has 0 bridgehead atoms. The Balaban J connectivity index is 2.13. The third-order valence-corrected chi connectivity index (χ3v) is 4.12. The molecular weight excluding hydrogens is 227 g/mol. The lowest BCUT2D eigenvalue weighted by Crippen LogP contribution is -2.33. The summed E-state index contributed by atoms with van der Waals surface area (Å²) >= 11 is 0. The zero-order valence-corrected chi connectivity index (χ0v) is 11.3. The molecule has 2 atom stereocenters. The van der Waals surface area contributed by atoms with Crippen molar-refractivity contribution < 1.29 is 4.39 Å². The first-order valence-corrected chi connectivity index (χ1v) is 6.88. The molecule has 0 saturated carbocycles. The first-order chi connectivity index (χ1) is 8.65. The van der Waals surface area contributed by atoms with E-state index in [1.807, 2.05) is 12.1 Å². The van der Waals surface area contributed by atoms with Crippen LogP contribution in [0, 0.1) is 5.82 Å². The number of likely N-dealkylation sites (tertiary alicyclic amines) is 1. The maximum absolute atomic E-state index is 13.4. The van der Waals surface area contributed by atoms with E-state index in [0.717, 1.165) is 6.54 Å². The van der Waals surface area contributed by atoms with Crippen LogP contribution >= 0.6 is 0 Å². The van der Waals surface area contributed by atoms with Gasteiger partial charge >= 0.3 is 0 Å². The summed E-state index contributed by atoms with van der Waals surface area (Å²) in [4.78, 5) is 2.54. The van der Waals surface area contributed by atoms with Crippen LogP contribution < -0.4 is 5.73 Å². The topological polar surface area (TPSA) is 29.3 Å². The molecule has 1 aromatic carbocycles. The normalized spacial score (nSPS) is 24.7. The lowest BCUT2D eigenvalue weighted by atomic mass is 10.1. The van der Waals surface area contributed by atoms with Crippen molar-refractivity contribution in [1.29, 1.82) is 0 Å². The van der Waals surface area contributed by atoms with Crippen molar-refractivity contribution in [2.75, 3.05) is 0 Å². The van der Waals surface area contributed by atoms with Crippen LogP contribution in [0.15, 0.2) is 18.2 Å². The first-order valence-electron chi connectivity index (χ1n) is 6.88. The second-order valence-corrected chi connectivity index (χ2v) is 5.29. The molecule has 1 aliphatic heterocycles. The molecule has 0 aromatic heterocycles. The molecule has 1 fully saturated rings. The van der Waals surface area contributed by atoms with E-state index in [1.165, 1.54) is 24.8 Å². The van der Waals surface area contributed by atoms with Gasteiger partial charge in [-0.2, -0.15) is 0 Å². The van der Waals surface area contributed by atoms with E-state index in [2.05, 4.69) is 18.7 Å². The molecule has 0 amide bonds. The molecule has 2 N–H and O–H groups in total. The van der Waals surface area contributed by atoms with Crippen molar-refractivity contribution >= 4 is 0 Å². The van der Waals surface area contributed by atoms with Crippen molar-refractivity contribution in [3.63, 3.8) is 0 Å². The summed E-state index contributed by atoms with van der Waals surface area (Å²) in [5.41, 5.74) is 7.34. The van der Waals surface area contributed by atoms with Crippen molar-refractivity contribution in [1.82, 2.24) is 4.90 Å². The van der Waals surface area contributed by atoms with Crippen LogP contribution in [0.25, 0.3) is 0 Å². The minimum Gasteiger partial charge on any atom is -0.326 e. The Kier molecular flexibility index (Phi) is 4.36. The highest BCUT2D eigenvalue weighted by molar-refractivity contribution is 5.25. The SMILES string of the molecule is CCC1CCC(C)N1Cc1ccc(F)c(CN)c1. The van der Waals surface area contributed by atoms with Gasteiger partial charge in [-0.3, -0.25) is 4.90 Å². The molecule has 1 heterocycles. The first kappa shape index (κ1) is 13.5. The van der Waals surface area contributed by atoms with Crippen LogP contribution in [0.4, 0.5) is 4.39 Å². The second-order valence-electron chi connectivity index (χ2n) is 5.29. The number of hydrogen-bond donors (Lipinski definition) is 1. The number of nitrogens with zero attached hydrogens (tertiary/aromatic N) is 1. The summed E-state index contributed by atoms with van der Waals surface area (Å²) in [6.07, 6.45) is 3.74. The Morgan fingerprint density at radius 1 is 1.39 bits per heavy atom. The van der Waals surface area contributed by atoms with E-state index in [0.29, 0.717) is 17.6 Å². The molecular formula is C15H23FN2. The average molecular weight is 250 g/mol. The summed E-state index contributed by atoms with van der Waals surface area (Å²) in [5, 5.41) is 0. The quantitative estimate of drug-likeness (QED) is 0.890. The van der Waals surface area contributed by atoms with Gasteiger partial charge in [-0.25, -0.2) is 4.39 Å². The zero-order chi connectivity index (χ0) is 13.1. The number of halogens is 1. The van der Waals surface area contributed by atoms with Crippen LogP contribution in [0.3, 0.4) is 0 Å². The Morgan fingerprint density at radius 2 is 2.17 bits per heavy atom. The Bertz CT molecular complexity index is 405. The number of hydrogen-bond acceptors (Lipinski definition) is 2. The van der Waals surface area contributed by atoms with E-state index in [-0.39, 0.29) is 12.4 Å². The zero-order valence-electron chi connectivity index (χ0n) is 11.3. The lowest BCUT2D eigenvalue weighted by Gasteiger charge is -2.27. The van der Waals surface area contributed by atoms with Gasteiger partial charge in [-0.1, -0.05) is 19.1 Å². The van der Waals surface area contributed by atoms with Gasteiger partial charge in [0.05, 0.1) is 0 Å². The molecule has 2 unspecified atom stereocenters. The lowest BCUT2D eigenvalue weighted by molar-refractivity contribution is 0.189. The van der Waals surface area contributed by atoms with Crippen molar-refractivity contribution in [2.24, 2.45) is 5.73 Å². The van der Waals surface area contributed by atoms with Gasteiger partial charge in [-0.15, -0.1) is 0 Å². The highest BCUT2D eigenvalue weighted by Crippen LogP contribution is 2.28. The summed E-state index contributed by atoms with van der Waals surface area (Å²) in [6, 6.07) is 6.63. The standard InChI is InChI=1S/C15H23FN2/c1-3-14-6-4-11(2)18(14)10-12-5-7-15(16)13(8-12)9-17/h5,7-8,11,14H,3-4,6,9-10,17H2,1-2H3. The maximum atomic E-state index is 13.4. The fraction of sp³-hybridized carbons (Fsp3) is 0.600. The van der Waals surface area contributed by atoms with Crippen molar-refractivity contribution in [3.8, 4) is 0 Å². The van der Waals surface area contributed by atoms with Crippen LogP contribution in [0.5, 0.6) is 0 Å². The van der Waals surface area contributed by atoms with Crippen molar-refractivity contribution in [3.05, 3.63) is 35.1 Å². The molecule has 1 saturated heterocycles. The summed E-state index contributed by atoms with van der Waals surface area (Å²) in [6.45, 7) is 5.70. The smallest absolute Gasteiger partial charge is 0.127 e. The monoisotopic (exact) mass is 250 g/mol. The molecule has 2 rings (SSSR count). The van der Waals surface area contributed by atoms with Gasteiger partial charge in [0.25, 0.3) is 0 Å². The number of benzene rings is 1.